The number of hydrogen-bond acceptors (Lipinski definition) is 0. The van der Waals surface area contributed by atoms with Crippen LogP contribution in [0.2, 0.25) is 0 Å². The number of fused-ring (bicyclic) bond motifs is 5. The summed E-state index contributed by atoms with van der Waals surface area (Å²) >= 11 is -5.67. The van der Waals surface area contributed by atoms with Crippen molar-refractivity contribution in [2.45, 2.75) is 75.5 Å². The van der Waals surface area contributed by atoms with Gasteiger partial charge in [-0.3, -0.25) is 0 Å². The first-order valence-corrected chi connectivity index (χ1v) is 33.2. The number of aryl methyl sites for hydroxylation is 4. The van der Waals surface area contributed by atoms with Crippen molar-refractivity contribution in [2.24, 2.45) is 11.8 Å². The fraction of sp³-hybridized carbons (Fsp3) is 0.259. The zero-order chi connectivity index (χ0) is 40.7. The summed E-state index contributed by atoms with van der Waals surface area (Å²) in [5.41, 5.74) is 21.3. The molecule has 0 amide bonds. The van der Waals surface area contributed by atoms with E-state index in [1.165, 1.54) is 103 Å². The Morgan fingerprint density at radius 2 is 0.948 bits per heavy atom. The minimum absolute atomic E-state index is 0.0931. The zero-order valence-electron chi connectivity index (χ0n) is 35.3. The first-order valence-electron chi connectivity index (χ1n) is 21.4. The average Bonchev–Trinajstić information content (AvgIpc) is 3.87. The summed E-state index contributed by atoms with van der Waals surface area (Å²) in [4.78, 5) is 0. The van der Waals surface area contributed by atoms with Crippen LogP contribution < -0.4 is 13.6 Å². The standard InChI is InChI=1S/2C21H23.C12H9Si.2ClH.Zr/c2*1-14(2)11-17-12-18-10-9-16(4)21(20(18)13-17)19-8-6-5-7-15(19)3;1-3-7-11-9(5-1)10-6-2-4-8-12(10)13-11;;;/h2*5-10,12-14H,11H2,1-4H3;1-7H,13H2;2*1H;/q;;;;;+2/p-2. The molecule has 2 aliphatic carbocycles. The molecular weight excluding hydrogens is 839 g/mol. The zero-order valence-corrected chi connectivity index (χ0v) is 40.7. The fourth-order valence-electron chi connectivity index (χ4n) is 11.3. The molecule has 0 saturated carbocycles. The predicted octanol–water partition coefficient (Wildman–Crippen LogP) is 13.3. The molecule has 0 aromatic heterocycles. The van der Waals surface area contributed by atoms with Gasteiger partial charge in [-0.05, 0) is 0 Å². The van der Waals surface area contributed by atoms with E-state index in [0.29, 0.717) is 11.8 Å². The monoisotopic (exact) mass is 891 g/mol. The molecule has 0 fully saturated rings. The molecule has 0 bridgehead atoms. The Hall–Kier alpha value is -3.52. The van der Waals surface area contributed by atoms with Crippen LogP contribution in [0, 0.1) is 39.5 Å². The van der Waals surface area contributed by atoms with Gasteiger partial charge in [0.1, 0.15) is 0 Å². The van der Waals surface area contributed by atoms with Crippen LogP contribution in [-0.2, 0) is 16.4 Å². The SMILES string of the molecule is Cc1ccccc1-c1c(C)ccc2c1C=C(CC(C)C)[CH]2[Zr]([Cl])([Cl])([c]1cccc2c1[SiH2]c1ccccc1-2)[CH]1C(CC(C)C)=Cc2c1ccc(C)c2-c1ccccc1C. The van der Waals surface area contributed by atoms with Gasteiger partial charge in [-0.15, -0.1) is 0 Å². The quantitative estimate of drug-likeness (QED) is 0.127. The van der Waals surface area contributed by atoms with Crippen molar-refractivity contribution in [1.29, 1.82) is 0 Å². The first kappa shape index (κ1) is 39.9. The van der Waals surface area contributed by atoms with Crippen molar-refractivity contribution >= 4 is 52.3 Å². The van der Waals surface area contributed by atoms with E-state index in [2.05, 4.69) is 183 Å². The predicted molar refractivity (Wildman–Crippen MR) is 254 cm³/mol. The van der Waals surface area contributed by atoms with E-state index in [9.17, 15) is 17.0 Å². The number of hydrogen-bond donors (Lipinski definition) is 0. The molecule has 9 rings (SSSR count). The average molecular weight is 894 g/mol. The summed E-state index contributed by atoms with van der Waals surface area (Å²) in [7, 11) is 18.0. The topological polar surface area (TPSA) is 0 Å². The molecular formula is C54H55Cl2SiZr. The second-order valence-corrected chi connectivity index (χ2v) is 40.9. The number of benzene rings is 6. The summed E-state index contributed by atoms with van der Waals surface area (Å²) in [5.74, 6) is 0.880. The third-order valence-corrected chi connectivity index (χ3v) is 36.3. The molecule has 1 aliphatic heterocycles. The van der Waals surface area contributed by atoms with E-state index >= 15 is 0 Å². The van der Waals surface area contributed by atoms with Crippen molar-refractivity contribution in [3.63, 3.8) is 0 Å². The van der Waals surface area contributed by atoms with E-state index < -0.39 is 25.9 Å². The molecule has 4 heteroatoms. The van der Waals surface area contributed by atoms with Crippen molar-refractivity contribution in [3.8, 4) is 33.4 Å². The Morgan fingerprint density at radius 1 is 0.500 bits per heavy atom. The van der Waals surface area contributed by atoms with Gasteiger partial charge in [0.05, 0.1) is 0 Å². The maximum atomic E-state index is 9.43. The van der Waals surface area contributed by atoms with Gasteiger partial charge in [-0.1, -0.05) is 0 Å². The van der Waals surface area contributed by atoms with Crippen LogP contribution in [0.1, 0.15) is 92.3 Å². The van der Waals surface area contributed by atoms with Gasteiger partial charge in [0, 0.05) is 0 Å². The minimum atomic E-state index is -5.67. The Bertz CT molecular complexity index is 2580. The molecule has 2 atom stereocenters. The fourth-order valence-corrected chi connectivity index (χ4v) is 39.1. The van der Waals surface area contributed by atoms with Crippen LogP contribution in [0.4, 0.5) is 0 Å². The van der Waals surface area contributed by atoms with Crippen molar-refractivity contribution in [2.75, 3.05) is 0 Å². The molecule has 0 N–H and O–H groups in total. The Kier molecular flexibility index (Phi) is 10.2. The summed E-state index contributed by atoms with van der Waals surface area (Å²) in [5, 5.41) is 2.98. The molecule has 0 nitrogen and oxygen atoms in total. The van der Waals surface area contributed by atoms with Crippen LogP contribution in [-0.4, -0.2) is 9.52 Å². The second kappa shape index (κ2) is 14.9. The first-order chi connectivity index (χ1) is 27.8. The maximum absolute atomic E-state index is 9.43. The number of allylic oxidation sites excluding steroid dienone is 2. The summed E-state index contributed by atoms with van der Waals surface area (Å²) in [6, 6.07) is 43.4. The van der Waals surface area contributed by atoms with Gasteiger partial charge in [0.25, 0.3) is 0 Å². The van der Waals surface area contributed by atoms with E-state index in [-0.39, 0.29) is 7.25 Å². The van der Waals surface area contributed by atoms with Gasteiger partial charge in [0.15, 0.2) is 0 Å². The van der Waals surface area contributed by atoms with Gasteiger partial charge in [-0.25, -0.2) is 0 Å². The Balaban J connectivity index is 1.41. The third-order valence-electron chi connectivity index (χ3n) is 13.5. The van der Waals surface area contributed by atoms with Crippen molar-refractivity contribution < 1.29 is 16.4 Å². The summed E-state index contributed by atoms with van der Waals surface area (Å²) in [6.07, 6.45) is 7.01. The molecule has 6 aromatic carbocycles. The normalized spacial score (nSPS) is 17.8. The number of rotatable bonds is 9. The van der Waals surface area contributed by atoms with Gasteiger partial charge in [-0.2, -0.15) is 0 Å². The van der Waals surface area contributed by atoms with Gasteiger partial charge < -0.3 is 0 Å². The number of halogens is 2. The van der Waals surface area contributed by atoms with Gasteiger partial charge in [0.2, 0.25) is 0 Å². The molecule has 0 radical (unpaired) electrons. The van der Waals surface area contributed by atoms with E-state index in [0.717, 1.165) is 12.8 Å². The molecule has 58 heavy (non-hydrogen) atoms. The Labute approximate surface area is 357 Å². The van der Waals surface area contributed by atoms with Crippen LogP contribution in [0.15, 0.2) is 126 Å². The molecule has 1 heterocycles. The molecule has 3 aliphatic rings. The molecule has 293 valence electrons. The van der Waals surface area contributed by atoms with Crippen LogP contribution in [0.5, 0.6) is 0 Å². The van der Waals surface area contributed by atoms with Crippen LogP contribution >= 0.6 is 17.0 Å². The van der Waals surface area contributed by atoms with Crippen LogP contribution in [0.3, 0.4) is 0 Å². The van der Waals surface area contributed by atoms with Crippen molar-refractivity contribution in [1.82, 2.24) is 0 Å². The van der Waals surface area contributed by atoms with E-state index in [1.54, 1.807) is 0 Å². The second-order valence-electron chi connectivity index (χ2n) is 18.5. The third kappa shape index (κ3) is 6.22. The molecule has 0 saturated heterocycles. The summed E-state index contributed by atoms with van der Waals surface area (Å²) in [6.45, 7) is 18.5. The molecule has 0 spiro atoms. The van der Waals surface area contributed by atoms with Crippen LogP contribution in [0.25, 0.3) is 45.5 Å². The summed E-state index contributed by atoms with van der Waals surface area (Å²) < 4.78 is 1.12. The Morgan fingerprint density at radius 3 is 1.43 bits per heavy atom. The molecule has 6 aromatic rings. The van der Waals surface area contributed by atoms with E-state index in [4.69, 9.17) is 0 Å². The van der Waals surface area contributed by atoms with E-state index in [1.807, 2.05) is 0 Å². The molecule has 2 unspecified atom stereocenters. The van der Waals surface area contributed by atoms with Gasteiger partial charge >= 0.3 is 360 Å². The van der Waals surface area contributed by atoms with Crippen molar-refractivity contribution in [3.05, 3.63) is 171 Å².